The number of thiophene rings is 2. The summed E-state index contributed by atoms with van der Waals surface area (Å²) in [6.45, 7) is 0. The van der Waals surface area contributed by atoms with Crippen molar-refractivity contribution in [3.05, 3.63) is 405 Å². The first-order valence-electron chi connectivity index (χ1n) is 37.6. The Morgan fingerprint density at radius 2 is 0.430 bits per heavy atom. The van der Waals surface area contributed by atoms with Crippen LogP contribution in [-0.4, -0.2) is 47.1 Å². The zero-order valence-electron chi connectivity index (χ0n) is 61.5. The van der Waals surface area contributed by atoms with Gasteiger partial charge < -0.3 is 10.0 Å². The lowest BCUT2D eigenvalue weighted by molar-refractivity contribution is 0.426. The molecule has 8 nitrogen and oxygen atoms in total. The predicted octanol–water partition coefficient (Wildman–Crippen LogP) is 26.3. The number of aromatic nitrogens is 6. The molecule has 20 aromatic rings. The number of fused-ring (bicyclic) bond motifs is 6. The molecule has 4 heterocycles. The molecule has 0 fully saturated rings. The molecule has 0 aliphatic rings. The van der Waals surface area contributed by atoms with Gasteiger partial charge in [0.25, 0.3) is 0 Å². The fraction of sp³-hybridized carbons (Fsp3) is 0. The molecule has 540 valence electrons. The van der Waals surface area contributed by atoms with Gasteiger partial charge in [0, 0.05) is 78.2 Å². The van der Waals surface area contributed by atoms with Gasteiger partial charge in [-0.3, -0.25) is 0 Å². The highest BCUT2D eigenvalue weighted by Crippen LogP contribution is 2.43. The number of hydrogen-bond donors (Lipinski definition) is 2. The van der Waals surface area contributed by atoms with Crippen molar-refractivity contribution < 1.29 is 10.0 Å². The Balaban J connectivity index is 0.000000130. The van der Waals surface area contributed by atoms with Crippen LogP contribution < -0.4 is 5.46 Å². The van der Waals surface area contributed by atoms with Crippen LogP contribution >= 0.6 is 38.6 Å². The second kappa shape index (κ2) is 32.8. The average Bonchev–Trinajstić information content (AvgIpc) is 1.51. The molecule has 0 saturated carbocycles. The maximum absolute atomic E-state index is 9.24. The summed E-state index contributed by atoms with van der Waals surface area (Å²) in [5.41, 5.74) is 22.5. The molecular formula is C102H68BBrN6O2S2. The van der Waals surface area contributed by atoms with Gasteiger partial charge in [-0.1, -0.05) is 392 Å². The molecule has 0 aliphatic carbocycles. The van der Waals surface area contributed by atoms with E-state index >= 15 is 0 Å². The second-order valence-electron chi connectivity index (χ2n) is 27.5. The maximum Gasteiger partial charge on any atom is 0.488 e. The Bertz CT molecular complexity index is 6780. The molecule has 0 amide bonds. The monoisotopic (exact) mass is 1560 g/mol. The molecule has 16 aromatic carbocycles. The fourth-order valence-corrected chi connectivity index (χ4v) is 17.3. The normalized spacial score (nSPS) is 11.1. The molecule has 0 radical (unpaired) electrons. The van der Waals surface area contributed by atoms with Crippen LogP contribution in [0.5, 0.6) is 0 Å². The van der Waals surface area contributed by atoms with Gasteiger partial charge in [0.15, 0.2) is 34.9 Å². The quantitative estimate of drug-likeness (QED) is 0.103. The minimum atomic E-state index is -1.43. The molecule has 20 rings (SSSR count). The molecule has 114 heavy (non-hydrogen) atoms. The SMILES string of the molecule is Brc1ccc(-c2nc(-c3ccccc3)nc(-c3ccccc3-c3ccccc3)n2)cc1.OB(O)c1ccc(-c2ccc(-c3cccc4c3sc3ccccc34)cc2)cc1.c1ccc(-c2nc(-c3ccc(-c4ccc(-c5ccc(-c6cccc7c6sc6ccccc67)cc5)cc4)cc3)nc(-c3ccccc3-c3ccccc3)n2)cc1. The van der Waals surface area contributed by atoms with Gasteiger partial charge in [-0.05, 0) is 108 Å². The van der Waals surface area contributed by atoms with Gasteiger partial charge in [0.05, 0.1) is 0 Å². The Morgan fingerprint density at radius 1 is 0.193 bits per heavy atom. The molecule has 0 saturated heterocycles. The van der Waals surface area contributed by atoms with Crippen molar-refractivity contribution in [1.82, 2.24) is 29.9 Å². The van der Waals surface area contributed by atoms with Gasteiger partial charge in [-0.2, -0.15) is 0 Å². The molecule has 0 unspecified atom stereocenters. The van der Waals surface area contributed by atoms with Crippen LogP contribution in [-0.2, 0) is 0 Å². The lowest BCUT2D eigenvalue weighted by Crippen LogP contribution is -2.29. The van der Waals surface area contributed by atoms with Crippen molar-refractivity contribution in [2.75, 3.05) is 0 Å². The smallest absolute Gasteiger partial charge is 0.423 e. The molecule has 0 bridgehead atoms. The minimum absolute atomic E-state index is 0.497. The fourth-order valence-electron chi connectivity index (χ4n) is 14.5. The first kappa shape index (κ1) is 72.0. The van der Waals surface area contributed by atoms with E-state index in [9.17, 15) is 10.0 Å². The van der Waals surface area contributed by atoms with E-state index in [1.54, 1.807) is 12.1 Å². The third kappa shape index (κ3) is 15.4. The summed E-state index contributed by atoms with van der Waals surface area (Å²) in [6, 6.07) is 138. The molecule has 12 heteroatoms. The van der Waals surface area contributed by atoms with Crippen molar-refractivity contribution in [2.24, 2.45) is 0 Å². The first-order chi connectivity index (χ1) is 56.2. The zero-order chi connectivity index (χ0) is 76.7. The van der Waals surface area contributed by atoms with E-state index < -0.39 is 7.12 Å². The highest BCUT2D eigenvalue weighted by Gasteiger charge is 2.20. The van der Waals surface area contributed by atoms with Gasteiger partial charge >= 0.3 is 7.12 Å². The summed E-state index contributed by atoms with van der Waals surface area (Å²) in [5.74, 6) is 3.90. The Hall–Kier alpha value is -13.6. The number of rotatable bonds is 14. The summed E-state index contributed by atoms with van der Waals surface area (Å²) in [7, 11) is -1.43. The minimum Gasteiger partial charge on any atom is -0.423 e. The van der Waals surface area contributed by atoms with Crippen molar-refractivity contribution in [2.45, 2.75) is 0 Å². The third-order valence-electron chi connectivity index (χ3n) is 20.4. The van der Waals surface area contributed by atoms with Crippen molar-refractivity contribution in [1.29, 1.82) is 0 Å². The largest absolute Gasteiger partial charge is 0.488 e. The lowest BCUT2D eigenvalue weighted by Gasteiger charge is -2.12. The first-order valence-corrected chi connectivity index (χ1v) is 40.0. The van der Waals surface area contributed by atoms with Gasteiger partial charge in [-0.25, -0.2) is 29.9 Å². The van der Waals surface area contributed by atoms with Crippen LogP contribution in [0.2, 0.25) is 0 Å². The van der Waals surface area contributed by atoms with E-state index in [0.717, 1.165) is 82.4 Å². The molecule has 4 aromatic heterocycles. The van der Waals surface area contributed by atoms with Crippen LogP contribution in [0.4, 0.5) is 0 Å². The van der Waals surface area contributed by atoms with Crippen molar-refractivity contribution in [3.63, 3.8) is 0 Å². The van der Waals surface area contributed by atoms with E-state index in [1.807, 2.05) is 162 Å². The standard InChI is InChI=1S/C51H33N3S.C27H18BrN3.C24H17BO2S/c1-3-12-38(13-4-1)42-16-7-8-18-46(42)51-53-49(40-14-5-2-6-15-40)52-50(54-51)41-32-28-37(29-33-41)35-24-22-34(23-25-35)36-26-30-39(31-27-36)43-19-11-20-45-44-17-9-10-21-47(44)55-48(43)45;28-22-17-15-21(16-18-22)26-29-25(20-11-5-2-6-12-20)30-27(31-26)24-14-8-7-13-23(24)19-9-3-1-4-10-19;26-25(27)19-14-12-17(13-15-19)16-8-10-18(11-9-16)20-5-3-6-22-21-4-1-2-7-23(21)28-24(20)22/h1-33H;1-18H;1-15,26-27H. The Kier molecular flexibility index (Phi) is 20.7. The number of benzene rings is 16. The summed E-state index contributed by atoms with van der Waals surface area (Å²) >= 11 is 7.21. The molecular weight excluding hydrogens is 1500 g/mol. The van der Waals surface area contributed by atoms with Gasteiger partial charge in [0.2, 0.25) is 0 Å². The number of hydrogen-bond acceptors (Lipinski definition) is 10. The van der Waals surface area contributed by atoms with Crippen molar-refractivity contribution in [3.8, 4) is 146 Å². The summed E-state index contributed by atoms with van der Waals surface area (Å²) in [5, 5.41) is 23.8. The van der Waals surface area contributed by atoms with E-state index in [1.165, 1.54) is 73.7 Å². The Morgan fingerprint density at radius 3 is 0.781 bits per heavy atom. The number of nitrogens with zero attached hydrogens (tertiary/aromatic N) is 6. The second-order valence-corrected chi connectivity index (χ2v) is 30.6. The summed E-state index contributed by atoms with van der Waals surface area (Å²) in [4.78, 5) is 29.6. The molecule has 0 aliphatic heterocycles. The summed E-state index contributed by atoms with van der Waals surface area (Å²) < 4.78 is 6.32. The van der Waals surface area contributed by atoms with Crippen molar-refractivity contribution >= 4 is 91.5 Å². The van der Waals surface area contributed by atoms with E-state index in [-0.39, 0.29) is 0 Å². The lowest BCUT2D eigenvalue weighted by atomic mass is 9.80. The van der Waals surface area contributed by atoms with Crippen LogP contribution in [0.3, 0.4) is 0 Å². The highest BCUT2D eigenvalue weighted by atomic mass is 79.9. The van der Waals surface area contributed by atoms with Crippen LogP contribution in [0.15, 0.2) is 405 Å². The Labute approximate surface area is 677 Å². The van der Waals surface area contributed by atoms with Crippen LogP contribution in [0.1, 0.15) is 0 Å². The average molecular weight is 1560 g/mol. The van der Waals surface area contributed by atoms with Crippen LogP contribution in [0.25, 0.3) is 187 Å². The predicted molar refractivity (Wildman–Crippen MR) is 480 cm³/mol. The topological polar surface area (TPSA) is 118 Å². The highest BCUT2D eigenvalue weighted by molar-refractivity contribution is 9.10. The molecule has 2 N–H and O–H groups in total. The van der Waals surface area contributed by atoms with Gasteiger partial charge in [0.1, 0.15) is 0 Å². The summed E-state index contributed by atoms with van der Waals surface area (Å²) in [6.07, 6.45) is 0. The van der Waals surface area contributed by atoms with E-state index in [0.29, 0.717) is 40.4 Å². The number of halogens is 1. The zero-order valence-corrected chi connectivity index (χ0v) is 64.7. The van der Waals surface area contributed by atoms with E-state index in [2.05, 4.69) is 265 Å². The van der Waals surface area contributed by atoms with E-state index in [4.69, 9.17) is 29.9 Å². The molecule has 0 atom stereocenters. The maximum atomic E-state index is 9.24. The molecule has 0 spiro atoms. The van der Waals surface area contributed by atoms with Crippen LogP contribution in [0, 0.1) is 0 Å². The third-order valence-corrected chi connectivity index (χ3v) is 23.3. The van der Waals surface area contributed by atoms with Gasteiger partial charge in [-0.15, -0.1) is 22.7 Å².